The average Bonchev–Trinajstić information content (AvgIpc) is 3.06. The van der Waals surface area contributed by atoms with Gasteiger partial charge in [0.2, 0.25) is 5.91 Å². The zero-order valence-electron chi connectivity index (χ0n) is 14.2. The number of carboxylic acid groups (broad SMARTS) is 1. The lowest BCUT2D eigenvalue weighted by atomic mass is 9.85. The van der Waals surface area contributed by atoms with Gasteiger partial charge in [-0.1, -0.05) is 37.3 Å². The van der Waals surface area contributed by atoms with Crippen molar-refractivity contribution in [3.63, 3.8) is 0 Å². The maximum Gasteiger partial charge on any atom is 0.317 e. The number of carbonyl (C=O) groups excluding carboxylic acids is 1. The predicted molar refractivity (Wildman–Crippen MR) is 92.2 cm³/mol. The summed E-state index contributed by atoms with van der Waals surface area (Å²) in [5, 5.41) is 12.0. The fourth-order valence-electron chi connectivity index (χ4n) is 3.48. The minimum Gasteiger partial charge on any atom is -0.480 e. The molecule has 1 amide bonds. The number of nitrogens with one attached hydrogen (secondary N) is 4. The summed E-state index contributed by atoms with van der Waals surface area (Å²) in [6.45, 7) is 2.71. The largest absolute Gasteiger partial charge is 0.480 e. The Hall–Kier alpha value is -2.00. The van der Waals surface area contributed by atoms with Crippen molar-refractivity contribution >= 4 is 11.9 Å². The highest BCUT2D eigenvalue weighted by molar-refractivity contribution is 5.83. The molecule has 1 heterocycles. The Labute approximate surface area is 146 Å². The third kappa shape index (κ3) is 4.16. The van der Waals surface area contributed by atoms with Gasteiger partial charge in [-0.3, -0.25) is 14.5 Å². The molecule has 1 aromatic rings. The van der Waals surface area contributed by atoms with Crippen LogP contribution in [-0.4, -0.2) is 53.1 Å². The summed E-state index contributed by atoms with van der Waals surface area (Å²) in [6, 6.07) is 9.58. The van der Waals surface area contributed by atoms with Gasteiger partial charge in [0.05, 0.1) is 12.6 Å². The van der Waals surface area contributed by atoms with E-state index in [4.69, 9.17) is 5.11 Å². The number of hydrogen-bond acceptors (Lipinski definition) is 6. The van der Waals surface area contributed by atoms with Crippen molar-refractivity contribution in [2.24, 2.45) is 0 Å². The zero-order chi connectivity index (χ0) is 17.8. The topological polar surface area (TPSA) is 106 Å². The van der Waals surface area contributed by atoms with E-state index in [2.05, 4.69) is 21.7 Å². The number of benzene rings is 1. The van der Waals surface area contributed by atoms with Crippen LogP contribution in [0.2, 0.25) is 0 Å². The highest BCUT2D eigenvalue weighted by Gasteiger charge is 2.39. The minimum atomic E-state index is -0.813. The van der Waals surface area contributed by atoms with Crippen LogP contribution >= 0.6 is 0 Å². The first kappa shape index (κ1) is 17.8. The first-order valence-corrected chi connectivity index (χ1v) is 8.65. The standard InChI is InChI=1S/C17H25N5O3/c1-2-22(10-14(23)24)13-8-12(9-13)18-17(25)16-15(19-21-20-16)11-6-4-3-5-7-11/h3-7,12-13,15-16,19-21H,2,8-10H2,1H3,(H,18,25)(H,23,24). The van der Waals surface area contributed by atoms with Gasteiger partial charge >= 0.3 is 5.97 Å². The Kier molecular flexibility index (Phi) is 5.64. The monoisotopic (exact) mass is 347 g/mol. The zero-order valence-corrected chi connectivity index (χ0v) is 14.2. The van der Waals surface area contributed by atoms with Crippen LogP contribution in [0.5, 0.6) is 0 Å². The van der Waals surface area contributed by atoms with E-state index < -0.39 is 12.0 Å². The molecule has 0 aromatic heterocycles. The van der Waals surface area contributed by atoms with E-state index >= 15 is 0 Å². The molecule has 0 radical (unpaired) electrons. The lowest BCUT2D eigenvalue weighted by Crippen LogP contribution is -2.57. The van der Waals surface area contributed by atoms with Crippen LogP contribution in [0.25, 0.3) is 0 Å². The first-order chi connectivity index (χ1) is 12.1. The fourth-order valence-corrected chi connectivity index (χ4v) is 3.48. The van der Waals surface area contributed by atoms with Crippen LogP contribution in [0.1, 0.15) is 31.4 Å². The van der Waals surface area contributed by atoms with E-state index in [1.165, 1.54) is 0 Å². The summed E-state index contributed by atoms with van der Waals surface area (Å²) < 4.78 is 0. The normalized spacial score (nSPS) is 28.6. The average molecular weight is 347 g/mol. The molecule has 2 atom stereocenters. The van der Waals surface area contributed by atoms with E-state index in [-0.39, 0.29) is 30.6 Å². The molecule has 136 valence electrons. The summed E-state index contributed by atoms with van der Waals surface area (Å²) >= 11 is 0. The molecular formula is C17H25N5O3. The molecule has 1 saturated heterocycles. The third-order valence-electron chi connectivity index (χ3n) is 4.95. The van der Waals surface area contributed by atoms with Crippen molar-refractivity contribution in [2.45, 2.75) is 43.9 Å². The van der Waals surface area contributed by atoms with E-state index in [1.807, 2.05) is 42.2 Å². The molecule has 1 aliphatic heterocycles. The number of carboxylic acids is 1. The number of amides is 1. The van der Waals surface area contributed by atoms with Gasteiger partial charge in [-0.2, -0.15) is 5.53 Å². The fraction of sp³-hybridized carbons (Fsp3) is 0.529. The Morgan fingerprint density at radius 1 is 1.24 bits per heavy atom. The molecule has 8 heteroatoms. The van der Waals surface area contributed by atoms with Crippen molar-refractivity contribution in [1.82, 2.24) is 26.6 Å². The lowest BCUT2D eigenvalue weighted by Gasteiger charge is -2.42. The smallest absolute Gasteiger partial charge is 0.317 e. The van der Waals surface area contributed by atoms with Crippen LogP contribution in [-0.2, 0) is 9.59 Å². The van der Waals surface area contributed by atoms with Crippen molar-refractivity contribution in [3.8, 4) is 0 Å². The van der Waals surface area contributed by atoms with Gasteiger partial charge in [-0.15, -0.1) is 0 Å². The van der Waals surface area contributed by atoms with Gasteiger partial charge < -0.3 is 10.4 Å². The van der Waals surface area contributed by atoms with Gasteiger partial charge in [0, 0.05) is 12.1 Å². The number of nitrogens with zero attached hydrogens (tertiary/aromatic N) is 1. The molecule has 1 aromatic carbocycles. The highest BCUT2D eigenvalue weighted by atomic mass is 16.4. The van der Waals surface area contributed by atoms with Crippen molar-refractivity contribution in [1.29, 1.82) is 0 Å². The van der Waals surface area contributed by atoms with Gasteiger partial charge in [0.1, 0.15) is 6.04 Å². The summed E-state index contributed by atoms with van der Waals surface area (Å²) in [6.07, 6.45) is 1.58. The number of hydrazine groups is 2. The molecule has 1 saturated carbocycles. The Morgan fingerprint density at radius 3 is 2.60 bits per heavy atom. The van der Waals surface area contributed by atoms with E-state index in [0.717, 1.165) is 18.4 Å². The van der Waals surface area contributed by atoms with Crippen LogP contribution in [0.15, 0.2) is 30.3 Å². The molecule has 3 rings (SSSR count). The second kappa shape index (κ2) is 7.92. The highest BCUT2D eigenvalue weighted by Crippen LogP contribution is 2.26. The number of hydrogen-bond donors (Lipinski definition) is 5. The number of carbonyl (C=O) groups is 2. The van der Waals surface area contributed by atoms with Crippen LogP contribution in [0.4, 0.5) is 0 Å². The maximum absolute atomic E-state index is 12.6. The molecule has 2 unspecified atom stereocenters. The number of likely N-dealkylation sites (N-methyl/N-ethyl adjacent to an activating group) is 1. The van der Waals surface area contributed by atoms with E-state index in [9.17, 15) is 9.59 Å². The molecular weight excluding hydrogens is 322 g/mol. The van der Waals surface area contributed by atoms with Crippen LogP contribution < -0.4 is 21.7 Å². The Balaban J connectivity index is 1.51. The van der Waals surface area contributed by atoms with Gasteiger partial charge in [-0.25, -0.2) is 10.9 Å². The summed E-state index contributed by atoms with van der Waals surface area (Å²) in [7, 11) is 0. The Bertz CT molecular complexity index is 606. The second-order valence-corrected chi connectivity index (χ2v) is 6.57. The SMILES string of the molecule is CCN(CC(=O)O)C1CC(NC(=O)C2NNNC2c2ccccc2)C1. The van der Waals surface area contributed by atoms with E-state index in [0.29, 0.717) is 6.54 Å². The molecule has 8 nitrogen and oxygen atoms in total. The first-order valence-electron chi connectivity index (χ1n) is 8.65. The minimum absolute atomic E-state index is 0.0515. The van der Waals surface area contributed by atoms with Crippen molar-refractivity contribution in [2.75, 3.05) is 13.1 Å². The molecule has 0 spiro atoms. The van der Waals surface area contributed by atoms with Crippen LogP contribution in [0.3, 0.4) is 0 Å². The molecule has 0 bridgehead atoms. The van der Waals surface area contributed by atoms with Crippen molar-refractivity contribution in [3.05, 3.63) is 35.9 Å². The second-order valence-electron chi connectivity index (χ2n) is 6.57. The van der Waals surface area contributed by atoms with E-state index in [1.54, 1.807) is 0 Å². The third-order valence-corrected chi connectivity index (χ3v) is 4.95. The van der Waals surface area contributed by atoms with Gasteiger partial charge in [-0.05, 0) is 24.9 Å². The Morgan fingerprint density at radius 2 is 1.96 bits per heavy atom. The number of rotatable bonds is 7. The number of aliphatic carboxylic acids is 1. The molecule has 2 aliphatic rings. The quantitative estimate of drug-likeness (QED) is 0.464. The summed E-state index contributed by atoms with van der Waals surface area (Å²) in [4.78, 5) is 25.4. The summed E-state index contributed by atoms with van der Waals surface area (Å²) in [5.74, 6) is -0.872. The predicted octanol–water partition coefficient (Wildman–Crippen LogP) is -0.238. The lowest BCUT2D eigenvalue weighted by molar-refractivity contribution is -0.140. The maximum atomic E-state index is 12.6. The molecule has 2 fully saturated rings. The molecule has 1 aliphatic carbocycles. The molecule has 5 N–H and O–H groups in total. The molecule has 25 heavy (non-hydrogen) atoms. The van der Waals surface area contributed by atoms with Gasteiger partial charge in [0.15, 0.2) is 0 Å². The summed E-state index contributed by atoms with van der Waals surface area (Å²) in [5.41, 5.74) is 9.91. The van der Waals surface area contributed by atoms with Gasteiger partial charge in [0.25, 0.3) is 0 Å². The van der Waals surface area contributed by atoms with Crippen LogP contribution in [0, 0.1) is 0 Å². The van der Waals surface area contributed by atoms with Crippen molar-refractivity contribution < 1.29 is 14.7 Å².